The molecule has 3 heteroatoms. The van der Waals surface area contributed by atoms with Crippen molar-refractivity contribution < 1.29 is 0 Å². The van der Waals surface area contributed by atoms with E-state index in [-0.39, 0.29) is 11.6 Å². The molecule has 1 rings (SSSR count). The second kappa shape index (κ2) is 3.54. The van der Waals surface area contributed by atoms with Gasteiger partial charge in [0.15, 0.2) is 0 Å². The standard InChI is InChI=1S/C9H14N2O/c1-7-4-3-5-11(9(7)12)6-8(2)10/h3-5,8H,6,10H2,1-2H3. The normalized spacial score (nSPS) is 12.9. The Balaban J connectivity index is 3.01. The van der Waals surface area contributed by atoms with Crippen LogP contribution in [-0.4, -0.2) is 10.6 Å². The zero-order chi connectivity index (χ0) is 9.14. The van der Waals surface area contributed by atoms with Crippen LogP contribution in [0.1, 0.15) is 12.5 Å². The van der Waals surface area contributed by atoms with Crippen LogP contribution >= 0.6 is 0 Å². The SMILES string of the molecule is Cc1cccn(CC(C)N)c1=O. The molecule has 0 aliphatic heterocycles. The van der Waals surface area contributed by atoms with Crippen molar-refractivity contribution in [3.05, 3.63) is 34.2 Å². The van der Waals surface area contributed by atoms with E-state index in [2.05, 4.69) is 0 Å². The summed E-state index contributed by atoms with van der Waals surface area (Å²) in [6.45, 7) is 4.27. The highest BCUT2D eigenvalue weighted by molar-refractivity contribution is 5.07. The third kappa shape index (κ3) is 1.95. The molecule has 1 unspecified atom stereocenters. The van der Waals surface area contributed by atoms with E-state index in [4.69, 9.17) is 5.73 Å². The number of aromatic nitrogens is 1. The van der Waals surface area contributed by atoms with Crippen molar-refractivity contribution in [1.82, 2.24) is 4.57 Å². The number of nitrogens with zero attached hydrogens (tertiary/aromatic N) is 1. The highest BCUT2D eigenvalue weighted by Crippen LogP contribution is 1.90. The van der Waals surface area contributed by atoms with Gasteiger partial charge in [-0.3, -0.25) is 4.79 Å². The second-order valence-corrected chi connectivity index (χ2v) is 3.13. The number of hydrogen-bond donors (Lipinski definition) is 1. The number of rotatable bonds is 2. The van der Waals surface area contributed by atoms with Gasteiger partial charge in [0.25, 0.3) is 5.56 Å². The fourth-order valence-corrected chi connectivity index (χ4v) is 1.11. The van der Waals surface area contributed by atoms with Crippen LogP contribution in [0, 0.1) is 6.92 Å². The summed E-state index contributed by atoms with van der Waals surface area (Å²) in [5.41, 5.74) is 6.40. The molecular weight excluding hydrogens is 152 g/mol. The molecule has 0 aliphatic rings. The number of nitrogens with two attached hydrogens (primary N) is 1. The summed E-state index contributed by atoms with van der Waals surface area (Å²) in [7, 11) is 0. The fraction of sp³-hybridized carbons (Fsp3) is 0.444. The van der Waals surface area contributed by atoms with Gasteiger partial charge >= 0.3 is 0 Å². The lowest BCUT2D eigenvalue weighted by atomic mass is 10.3. The monoisotopic (exact) mass is 166 g/mol. The first kappa shape index (κ1) is 9.00. The van der Waals surface area contributed by atoms with Gasteiger partial charge in [-0.1, -0.05) is 6.07 Å². The Hall–Kier alpha value is -1.09. The van der Waals surface area contributed by atoms with Crippen LogP contribution in [-0.2, 0) is 6.54 Å². The lowest BCUT2D eigenvalue weighted by Gasteiger charge is -2.08. The van der Waals surface area contributed by atoms with E-state index in [9.17, 15) is 4.79 Å². The van der Waals surface area contributed by atoms with Crippen molar-refractivity contribution in [3.8, 4) is 0 Å². The van der Waals surface area contributed by atoms with Crippen molar-refractivity contribution in [3.63, 3.8) is 0 Å². The second-order valence-electron chi connectivity index (χ2n) is 3.13. The van der Waals surface area contributed by atoms with E-state index in [1.807, 2.05) is 13.0 Å². The summed E-state index contributed by atoms with van der Waals surface area (Å²) in [4.78, 5) is 11.4. The molecule has 0 saturated heterocycles. The van der Waals surface area contributed by atoms with Gasteiger partial charge in [0.05, 0.1) is 0 Å². The molecule has 1 heterocycles. The summed E-state index contributed by atoms with van der Waals surface area (Å²) in [5, 5.41) is 0. The molecule has 0 aromatic carbocycles. The molecule has 0 bridgehead atoms. The fourth-order valence-electron chi connectivity index (χ4n) is 1.11. The predicted octanol–water partition coefficient (Wildman–Crippen LogP) is 0.504. The summed E-state index contributed by atoms with van der Waals surface area (Å²) < 4.78 is 1.64. The highest BCUT2D eigenvalue weighted by atomic mass is 16.1. The van der Waals surface area contributed by atoms with Crippen molar-refractivity contribution >= 4 is 0 Å². The Kier molecular flexibility index (Phi) is 2.65. The van der Waals surface area contributed by atoms with Crippen LogP contribution in [0.25, 0.3) is 0 Å². The van der Waals surface area contributed by atoms with E-state index < -0.39 is 0 Å². The first-order valence-electron chi connectivity index (χ1n) is 4.03. The lowest BCUT2D eigenvalue weighted by Crippen LogP contribution is -2.30. The maximum absolute atomic E-state index is 11.4. The Morgan fingerprint density at radius 2 is 2.33 bits per heavy atom. The van der Waals surface area contributed by atoms with E-state index >= 15 is 0 Å². The Morgan fingerprint density at radius 3 is 2.92 bits per heavy atom. The van der Waals surface area contributed by atoms with E-state index in [0.29, 0.717) is 6.54 Å². The minimum Gasteiger partial charge on any atom is -0.326 e. The van der Waals surface area contributed by atoms with Crippen LogP contribution in [0.5, 0.6) is 0 Å². The number of aryl methyl sites for hydroxylation is 1. The van der Waals surface area contributed by atoms with Crippen LogP contribution in [0.3, 0.4) is 0 Å². The molecule has 0 saturated carbocycles. The number of pyridine rings is 1. The predicted molar refractivity (Wildman–Crippen MR) is 49.1 cm³/mol. The van der Waals surface area contributed by atoms with Crippen molar-refractivity contribution in [2.45, 2.75) is 26.4 Å². The Labute approximate surface area is 71.8 Å². The lowest BCUT2D eigenvalue weighted by molar-refractivity contribution is 0.572. The largest absolute Gasteiger partial charge is 0.326 e. The van der Waals surface area contributed by atoms with Crippen molar-refractivity contribution in [2.75, 3.05) is 0 Å². The van der Waals surface area contributed by atoms with Gasteiger partial charge in [-0.05, 0) is 19.9 Å². The van der Waals surface area contributed by atoms with Gasteiger partial charge in [0, 0.05) is 24.3 Å². The van der Waals surface area contributed by atoms with E-state index in [1.54, 1.807) is 23.8 Å². The van der Waals surface area contributed by atoms with Gasteiger partial charge in [-0.2, -0.15) is 0 Å². The van der Waals surface area contributed by atoms with Crippen LogP contribution in [0.4, 0.5) is 0 Å². The molecular formula is C9H14N2O. The average molecular weight is 166 g/mol. The summed E-state index contributed by atoms with van der Waals surface area (Å²) in [5.74, 6) is 0. The third-order valence-corrected chi connectivity index (χ3v) is 1.70. The van der Waals surface area contributed by atoms with Crippen LogP contribution in [0.15, 0.2) is 23.1 Å². The average Bonchev–Trinajstić information content (AvgIpc) is 1.98. The van der Waals surface area contributed by atoms with E-state index in [0.717, 1.165) is 5.56 Å². The van der Waals surface area contributed by atoms with Crippen LogP contribution in [0.2, 0.25) is 0 Å². The molecule has 1 aromatic heterocycles. The molecule has 12 heavy (non-hydrogen) atoms. The molecule has 66 valence electrons. The molecule has 0 fully saturated rings. The van der Waals surface area contributed by atoms with Crippen molar-refractivity contribution in [2.24, 2.45) is 5.73 Å². The van der Waals surface area contributed by atoms with Crippen LogP contribution < -0.4 is 11.3 Å². The molecule has 0 aliphatic carbocycles. The van der Waals surface area contributed by atoms with Gasteiger partial charge in [0.1, 0.15) is 0 Å². The molecule has 3 nitrogen and oxygen atoms in total. The van der Waals surface area contributed by atoms with Gasteiger partial charge in [-0.25, -0.2) is 0 Å². The maximum Gasteiger partial charge on any atom is 0.253 e. The maximum atomic E-state index is 11.4. The van der Waals surface area contributed by atoms with Gasteiger partial charge in [0.2, 0.25) is 0 Å². The smallest absolute Gasteiger partial charge is 0.253 e. The summed E-state index contributed by atoms with van der Waals surface area (Å²) in [6.07, 6.45) is 1.76. The highest BCUT2D eigenvalue weighted by Gasteiger charge is 1.99. The third-order valence-electron chi connectivity index (χ3n) is 1.70. The Bertz CT molecular complexity index is 315. The summed E-state index contributed by atoms with van der Waals surface area (Å²) in [6, 6.07) is 3.68. The molecule has 2 N–H and O–H groups in total. The Morgan fingerprint density at radius 1 is 1.67 bits per heavy atom. The molecule has 1 aromatic rings. The minimum atomic E-state index is 0.0181. The van der Waals surface area contributed by atoms with Gasteiger partial charge in [-0.15, -0.1) is 0 Å². The zero-order valence-corrected chi connectivity index (χ0v) is 7.45. The minimum absolute atomic E-state index is 0.0181. The van der Waals surface area contributed by atoms with Gasteiger partial charge < -0.3 is 10.3 Å². The number of hydrogen-bond acceptors (Lipinski definition) is 2. The quantitative estimate of drug-likeness (QED) is 0.695. The first-order chi connectivity index (χ1) is 5.61. The first-order valence-corrected chi connectivity index (χ1v) is 4.03. The zero-order valence-electron chi connectivity index (χ0n) is 7.45. The molecule has 0 radical (unpaired) electrons. The molecule has 1 atom stereocenters. The van der Waals surface area contributed by atoms with E-state index in [1.165, 1.54) is 0 Å². The molecule has 0 amide bonds. The van der Waals surface area contributed by atoms with Crippen molar-refractivity contribution in [1.29, 1.82) is 0 Å². The molecule has 0 spiro atoms. The summed E-state index contributed by atoms with van der Waals surface area (Å²) >= 11 is 0. The topological polar surface area (TPSA) is 48.0 Å².